The summed E-state index contributed by atoms with van der Waals surface area (Å²) in [4.78, 5) is 4.23. The van der Waals surface area contributed by atoms with Crippen LogP contribution in [0.3, 0.4) is 0 Å². The van der Waals surface area contributed by atoms with Gasteiger partial charge in [-0.05, 0) is 25.1 Å². The number of methoxy groups -OCH3 is 1. The van der Waals surface area contributed by atoms with Crippen molar-refractivity contribution >= 4 is 0 Å². The SMILES string of the molecule is CCNC(c1cncc(OC)c1)c1cnn(C)c1C. The zero-order valence-corrected chi connectivity index (χ0v) is 11.8. The van der Waals surface area contributed by atoms with Crippen LogP contribution in [-0.4, -0.2) is 28.4 Å². The molecule has 0 bridgehead atoms. The molecule has 5 heteroatoms. The van der Waals surface area contributed by atoms with E-state index in [1.165, 1.54) is 5.56 Å². The Morgan fingerprint density at radius 2 is 2.16 bits per heavy atom. The summed E-state index contributed by atoms with van der Waals surface area (Å²) >= 11 is 0. The lowest BCUT2D eigenvalue weighted by atomic mass is 10.0. The molecule has 0 amide bonds. The molecule has 0 aliphatic rings. The van der Waals surface area contributed by atoms with Crippen molar-refractivity contribution in [2.75, 3.05) is 13.7 Å². The molecule has 1 unspecified atom stereocenters. The Balaban J connectivity index is 2.42. The quantitative estimate of drug-likeness (QED) is 0.891. The number of nitrogens with one attached hydrogen (secondary N) is 1. The van der Waals surface area contributed by atoms with Crippen molar-refractivity contribution in [3.05, 3.63) is 41.5 Å². The third-order valence-electron chi connectivity index (χ3n) is 3.30. The van der Waals surface area contributed by atoms with Crippen LogP contribution in [0.1, 0.15) is 29.8 Å². The number of aryl methyl sites for hydroxylation is 1. The number of pyridine rings is 1. The van der Waals surface area contributed by atoms with E-state index in [9.17, 15) is 0 Å². The highest BCUT2D eigenvalue weighted by Gasteiger charge is 2.18. The molecule has 0 fully saturated rings. The first-order valence-corrected chi connectivity index (χ1v) is 6.38. The van der Waals surface area contributed by atoms with Gasteiger partial charge in [0.1, 0.15) is 5.75 Å². The second-order valence-electron chi connectivity index (χ2n) is 4.46. The molecule has 2 aromatic heterocycles. The third-order valence-corrected chi connectivity index (χ3v) is 3.30. The van der Waals surface area contributed by atoms with Crippen LogP contribution in [0.25, 0.3) is 0 Å². The molecule has 0 saturated heterocycles. The zero-order chi connectivity index (χ0) is 13.8. The van der Waals surface area contributed by atoms with E-state index in [4.69, 9.17) is 4.74 Å². The van der Waals surface area contributed by atoms with Crippen LogP contribution in [0, 0.1) is 6.92 Å². The zero-order valence-electron chi connectivity index (χ0n) is 11.8. The van der Waals surface area contributed by atoms with Gasteiger partial charge in [-0.3, -0.25) is 9.67 Å². The van der Waals surface area contributed by atoms with Gasteiger partial charge in [0.2, 0.25) is 0 Å². The lowest BCUT2D eigenvalue weighted by Crippen LogP contribution is -2.22. The summed E-state index contributed by atoms with van der Waals surface area (Å²) in [6.07, 6.45) is 5.48. The Labute approximate surface area is 113 Å². The van der Waals surface area contributed by atoms with Crippen LogP contribution in [0.2, 0.25) is 0 Å². The smallest absolute Gasteiger partial charge is 0.137 e. The van der Waals surface area contributed by atoms with Crippen molar-refractivity contribution in [3.8, 4) is 5.75 Å². The minimum Gasteiger partial charge on any atom is -0.495 e. The summed E-state index contributed by atoms with van der Waals surface area (Å²) in [6.45, 7) is 5.03. The third kappa shape index (κ3) is 2.76. The van der Waals surface area contributed by atoms with Crippen molar-refractivity contribution in [1.29, 1.82) is 0 Å². The lowest BCUT2D eigenvalue weighted by Gasteiger charge is -2.18. The van der Waals surface area contributed by atoms with Crippen molar-refractivity contribution in [3.63, 3.8) is 0 Å². The normalized spacial score (nSPS) is 12.4. The molecule has 0 aliphatic heterocycles. The Morgan fingerprint density at radius 3 is 2.74 bits per heavy atom. The Hall–Kier alpha value is -1.88. The van der Waals surface area contributed by atoms with E-state index < -0.39 is 0 Å². The van der Waals surface area contributed by atoms with Crippen LogP contribution < -0.4 is 10.1 Å². The van der Waals surface area contributed by atoms with E-state index in [1.54, 1.807) is 13.3 Å². The molecule has 19 heavy (non-hydrogen) atoms. The van der Waals surface area contributed by atoms with Gasteiger partial charge in [0, 0.05) is 24.5 Å². The van der Waals surface area contributed by atoms with E-state index in [0.29, 0.717) is 0 Å². The van der Waals surface area contributed by atoms with Gasteiger partial charge in [0.05, 0.1) is 25.5 Å². The van der Waals surface area contributed by atoms with Crippen LogP contribution in [0.4, 0.5) is 0 Å². The van der Waals surface area contributed by atoms with E-state index >= 15 is 0 Å². The highest BCUT2D eigenvalue weighted by atomic mass is 16.5. The minimum atomic E-state index is 0.0845. The average Bonchev–Trinajstić information content (AvgIpc) is 2.76. The summed E-state index contributed by atoms with van der Waals surface area (Å²) in [5.74, 6) is 0.766. The van der Waals surface area contributed by atoms with Crippen LogP contribution in [0.5, 0.6) is 5.75 Å². The molecular weight excluding hydrogens is 240 g/mol. The maximum Gasteiger partial charge on any atom is 0.137 e. The van der Waals surface area contributed by atoms with Gasteiger partial charge in [0.15, 0.2) is 0 Å². The summed E-state index contributed by atoms with van der Waals surface area (Å²) in [5.41, 5.74) is 3.39. The maximum atomic E-state index is 5.24. The van der Waals surface area contributed by atoms with Crippen LogP contribution in [-0.2, 0) is 7.05 Å². The topological polar surface area (TPSA) is 52.0 Å². The molecule has 0 aliphatic carbocycles. The second-order valence-corrected chi connectivity index (χ2v) is 4.46. The first-order chi connectivity index (χ1) is 9.17. The highest BCUT2D eigenvalue weighted by Crippen LogP contribution is 2.26. The van der Waals surface area contributed by atoms with Crippen molar-refractivity contribution < 1.29 is 4.74 Å². The van der Waals surface area contributed by atoms with Gasteiger partial charge in [-0.2, -0.15) is 5.10 Å². The first-order valence-electron chi connectivity index (χ1n) is 6.38. The summed E-state index contributed by atoms with van der Waals surface area (Å²) in [7, 11) is 3.60. The second kappa shape index (κ2) is 5.84. The van der Waals surface area contributed by atoms with Crippen molar-refractivity contribution in [2.45, 2.75) is 19.9 Å². The number of rotatable bonds is 5. The average molecular weight is 260 g/mol. The molecule has 1 N–H and O–H groups in total. The molecule has 102 valence electrons. The number of nitrogens with zero attached hydrogens (tertiary/aromatic N) is 3. The summed E-state index contributed by atoms with van der Waals surface area (Å²) < 4.78 is 7.13. The molecule has 2 rings (SSSR count). The molecular formula is C14H20N4O. The molecule has 2 heterocycles. The van der Waals surface area contributed by atoms with Gasteiger partial charge >= 0.3 is 0 Å². The van der Waals surface area contributed by atoms with E-state index in [-0.39, 0.29) is 6.04 Å². The minimum absolute atomic E-state index is 0.0845. The fraction of sp³-hybridized carbons (Fsp3) is 0.429. The van der Waals surface area contributed by atoms with Crippen LogP contribution >= 0.6 is 0 Å². The van der Waals surface area contributed by atoms with Gasteiger partial charge < -0.3 is 10.1 Å². The maximum absolute atomic E-state index is 5.24. The number of ether oxygens (including phenoxy) is 1. The lowest BCUT2D eigenvalue weighted by molar-refractivity contribution is 0.411. The number of aromatic nitrogens is 3. The summed E-state index contributed by atoms with van der Waals surface area (Å²) in [6, 6.07) is 2.09. The predicted octanol–water partition coefficient (Wildman–Crippen LogP) is 1.83. The largest absolute Gasteiger partial charge is 0.495 e. The molecule has 0 saturated carbocycles. The van der Waals surface area contributed by atoms with Crippen molar-refractivity contribution in [2.24, 2.45) is 7.05 Å². The van der Waals surface area contributed by atoms with Gasteiger partial charge in [-0.15, -0.1) is 0 Å². The molecule has 0 aromatic carbocycles. The van der Waals surface area contributed by atoms with E-state index in [1.807, 2.05) is 30.2 Å². The summed E-state index contributed by atoms with van der Waals surface area (Å²) in [5, 5.41) is 7.78. The fourth-order valence-corrected chi connectivity index (χ4v) is 2.12. The first kappa shape index (κ1) is 13.5. The molecule has 0 radical (unpaired) electrons. The van der Waals surface area contributed by atoms with Gasteiger partial charge in [-0.1, -0.05) is 6.92 Å². The van der Waals surface area contributed by atoms with Crippen LogP contribution in [0.15, 0.2) is 24.7 Å². The monoisotopic (exact) mass is 260 g/mol. The number of hydrogen-bond acceptors (Lipinski definition) is 4. The molecule has 1 atom stereocenters. The molecule has 5 nitrogen and oxygen atoms in total. The molecule has 0 spiro atoms. The Kier molecular flexibility index (Phi) is 4.16. The predicted molar refractivity (Wildman–Crippen MR) is 74.3 cm³/mol. The van der Waals surface area contributed by atoms with Gasteiger partial charge in [0.25, 0.3) is 0 Å². The van der Waals surface area contributed by atoms with E-state index in [0.717, 1.165) is 23.6 Å². The number of hydrogen-bond donors (Lipinski definition) is 1. The fourth-order valence-electron chi connectivity index (χ4n) is 2.12. The van der Waals surface area contributed by atoms with E-state index in [2.05, 4.69) is 29.2 Å². The Morgan fingerprint density at radius 1 is 1.37 bits per heavy atom. The molecule has 2 aromatic rings. The highest BCUT2D eigenvalue weighted by molar-refractivity contribution is 5.35. The standard InChI is InChI=1S/C14H20N4O/c1-5-16-14(13-9-17-18(3)10(13)2)11-6-12(19-4)8-15-7-11/h6-9,14,16H,5H2,1-4H3. The van der Waals surface area contributed by atoms with Gasteiger partial charge in [-0.25, -0.2) is 0 Å². The van der Waals surface area contributed by atoms with Crippen molar-refractivity contribution in [1.82, 2.24) is 20.1 Å². The Bertz CT molecular complexity index is 550.